The summed E-state index contributed by atoms with van der Waals surface area (Å²) < 4.78 is 10.9. The number of carbonyl (C=O) groups is 2. The molecule has 1 amide bonds. The van der Waals surface area contributed by atoms with Gasteiger partial charge in [0.2, 0.25) is 0 Å². The standard InChI is InChI=1S/C26H22ClNO5/c1-15-13-17(9-12-20(15)27)28-23(19-11-10-18(32-2)14-21(19)33-3)22(25(30)26(28)31)24(29)16-7-5-4-6-8-16/h4-14,23,29H,1-3H3/b24-22-. The van der Waals surface area contributed by atoms with Crippen LogP contribution in [0, 0.1) is 6.92 Å². The molecular formula is C26H22ClNO5. The smallest absolute Gasteiger partial charge is 0.300 e. The first kappa shape index (κ1) is 22.4. The van der Waals surface area contributed by atoms with Crippen LogP contribution in [0.5, 0.6) is 11.5 Å². The zero-order valence-electron chi connectivity index (χ0n) is 18.3. The molecule has 4 rings (SSSR count). The number of hydrogen-bond acceptors (Lipinski definition) is 5. The second-order valence-corrected chi connectivity index (χ2v) is 7.98. The van der Waals surface area contributed by atoms with Crippen LogP contribution in [0.25, 0.3) is 5.76 Å². The van der Waals surface area contributed by atoms with Crippen molar-refractivity contribution < 1.29 is 24.2 Å². The molecule has 1 fully saturated rings. The molecule has 1 heterocycles. The number of ketones is 1. The van der Waals surface area contributed by atoms with E-state index in [1.165, 1.54) is 19.1 Å². The van der Waals surface area contributed by atoms with Crippen LogP contribution in [-0.4, -0.2) is 31.0 Å². The summed E-state index contributed by atoms with van der Waals surface area (Å²) in [5, 5.41) is 11.7. The molecule has 1 N–H and O–H groups in total. The van der Waals surface area contributed by atoms with Crippen molar-refractivity contribution in [3.8, 4) is 11.5 Å². The number of benzene rings is 3. The van der Waals surface area contributed by atoms with Gasteiger partial charge in [0.25, 0.3) is 11.7 Å². The average Bonchev–Trinajstić information content (AvgIpc) is 3.10. The molecule has 1 aliphatic heterocycles. The molecule has 0 aromatic heterocycles. The number of halogens is 1. The van der Waals surface area contributed by atoms with Gasteiger partial charge >= 0.3 is 0 Å². The van der Waals surface area contributed by atoms with Gasteiger partial charge in [-0.3, -0.25) is 14.5 Å². The highest BCUT2D eigenvalue weighted by Gasteiger charge is 2.48. The fraction of sp³-hybridized carbons (Fsp3) is 0.154. The van der Waals surface area contributed by atoms with Crippen molar-refractivity contribution in [3.63, 3.8) is 0 Å². The molecule has 1 aliphatic rings. The molecule has 0 spiro atoms. The van der Waals surface area contributed by atoms with Gasteiger partial charge in [-0.2, -0.15) is 0 Å². The van der Waals surface area contributed by atoms with E-state index in [0.29, 0.717) is 33.3 Å². The second-order valence-electron chi connectivity index (χ2n) is 7.58. The van der Waals surface area contributed by atoms with E-state index in [4.69, 9.17) is 21.1 Å². The number of methoxy groups -OCH3 is 2. The monoisotopic (exact) mass is 463 g/mol. The molecule has 3 aromatic rings. The van der Waals surface area contributed by atoms with Crippen LogP contribution in [0.1, 0.15) is 22.7 Å². The van der Waals surface area contributed by atoms with Crippen molar-refractivity contribution in [2.75, 3.05) is 19.1 Å². The predicted molar refractivity (Wildman–Crippen MR) is 127 cm³/mol. The van der Waals surface area contributed by atoms with Crippen LogP contribution in [0.15, 0.2) is 72.3 Å². The van der Waals surface area contributed by atoms with E-state index in [1.807, 2.05) is 6.92 Å². The van der Waals surface area contributed by atoms with Crippen LogP contribution in [-0.2, 0) is 9.59 Å². The third-order valence-corrected chi connectivity index (χ3v) is 6.07. The van der Waals surface area contributed by atoms with Crippen molar-refractivity contribution in [2.45, 2.75) is 13.0 Å². The number of hydrogen-bond donors (Lipinski definition) is 1. The number of Topliss-reactive ketones (excluding diaryl/α,β-unsaturated/α-hetero) is 1. The fourth-order valence-electron chi connectivity index (χ4n) is 3.97. The van der Waals surface area contributed by atoms with Gasteiger partial charge in [0, 0.05) is 27.9 Å². The summed E-state index contributed by atoms with van der Waals surface area (Å²) in [4.78, 5) is 27.9. The quantitative estimate of drug-likeness (QED) is 0.316. The molecule has 0 saturated carbocycles. The minimum absolute atomic E-state index is 0.0257. The van der Waals surface area contributed by atoms with Gasteiger partial charge in [0.15, 0.2) is 0 Å². The number of nitrogens with zero attached hydrogens (tertiary/aromatic N) is 1. The highest BCUT2D eigenvalue weighted by Crippen LogP contribution is 2.46. The Morgan fingerprint density at radius 1 is 0.970 bits per heavy atom. The van der Waals surface area contributed by atoms with Gasteiger partial charge < -0.3 is 14.6 Å². The van der Waals surface area contributed by atoms with Crippen LogP contribution in [0.2, 0.25) is 5.02 Å². The lowest BCUT2D eigenvalue weighted by Gasteiger charge is -2.27. The largest absolute Gasteiger partial charge is 0.507 e. The molecule has 33 heavy (non-hydrogen) atoms. The third kappa shape index (κ3) is 3.94. The number of aryl methyl sites for hydroxylation is 1. The Balaban J connectivity index is 2.00. The Labute approximate surface area is 196 Å². The number of aliphatic hydroxyl groups is 1. The molecule has 168 valence electrons. The lowest BCUT2D eigenvalue weighted by molar-refractivity contribution is -0.132. The first-order valence-corrected chi connectivity index (χ1v) is 10.6. The third-order valence-electron chi connectivity index (χ3n) is 5.65. The van der Waals surface area contributed by atoms with E-state index >= 15 is 0 Å². The number of aliphatic hydroxyl groups excluding tert-OH is 1. The van der Waals surface area contributed by atoms with Crippen LogP contribution in [0.4, 0.5) is 5.69 Å². The molecule has 7 heteroatoms. The summed E-state index contributed by atoms with van der Waals surface area (Å²) in [7, 11) is 3.03. The van der Waals surface area contributed by atoms with E-state index in [-0.39, 0.29) is 11.3 Å². The maximum absolute atomic E-state index is 13.3. The summed E-state index contributed by atoms with van der Waals surface area (Å²) in [6.07, 6.45) is 0. The number of ether oxygens (including phenoxy) is 2. The molecular weight excluding hydrogens is 442 g/mol. The lowest BCUT2D eigenvalue weighted by Crippen LogP contribution is -2.29. The number of amides is 1. The Hall–Kier alpha value is -3.77. The van der Waals surface area contributed by atoms with Crippen LogP contribution in [0.3, 0.4) is 0 Å². The first-order valence-electron chi connectivity index (χ1n) is 10.2. The topological polar surface area (TPSA) is 76.1 Å². The van der Waals surface area contributed by atoms with Gasteiger partial charge in [-0.1, -0.05) is 41.9 Å². The summed E-state index contributed by atoms with van der Waals surface area (Å²) in [5.74, 6) is -0.831. The molecule has 0 bridgehead atoms. The normalized spacial score (nSPS) is 17.3. The van der Waals surface area contributed by atoms with Gasteiger partial charge in [0.1, 0.15) is 17.3 Å². The lowest BCUT2D eigenvalue weighted by atomic mass is 9.94. The van der Waals surface area contributed by atoms with Gasteiger partial charge in [-0.05, 0) is 42.8 Å². The molecule has 0 aliphatic carbocycles. The minimum Gasteiger partial charge on any atom is -0.507 e. The number of rotatable bonds is 5. The summed E-state index contributed by atoms with van der Waals surface area (Å²) in [6.45, 7) is 1.81. The van der Waals surface area contributed by atoms with Crippen molar-refractivity contribution in [1.29, 1.82) is 0 Å². The Morgan fingerprint density at radius 2 is 1.70 bits per heavy atom. The zero-order valence-corrected chi connectivity index (χ0v) is 19.1. The zero-order chi connectivity index (χ0) is 23.7. The average molecular weight is 464 g/mol. The van der Waals surface area contributed by atoms with Crippen molar-refractivity contribution >= 4 is 34.7 Å². The highest BCUT2D eigenvalue weighted by molar-refractivity contribution is 6.51. The molecule has 3 aromatic carbocycles. The summed E-state index contributed by atoms with van der Waals surface area (Å²) in [6, 6.07) is 17.9. The molecule has 6 nitrogen and oxygen atoms in total. The Morgan fingerprint density at radius 3 is 2.33 bits per heavy atom. The van der Waals surface area contributed by atoms with E-state index in [2.05, 4.69) is 0 Å². The first-order chi connectivity index (χ1) is 15.9. The maximum atomic E-state index is 13.3. The number of carbonyl (C=O) groups excluding carboxylic acids is 2. The summed E-state index contributed by atoms with van der Waals surface area (Å²) >= 11 is 6.19. The Kier molecular flexibility index (Phi) is 6.11. The molecule has 1 atom stereocenters. The second kappa shape index (κ2) is 9.00. The van der Waals surface area contributed by atoms with E-state index in [0.717, 1.165) is 5.56 Å². The Bertz CT molecular complexity index is 1270. The SMILES string of the molecule is COc1ccc(C2/C(=C(/O)c3ccccc3)C(=O)C(=O)N2c2ccc(Cl)c(C)c2)c(OC)c1. The summed E-state index contributed by atoms with van der Waals surface area (Å²) in [5.41, 5.74) is 2.17. The maximum Gasteiger partial charge on any atom is 0.300 e. The van der Waals surface area contributed by atoms with E-state index in [1.54, 1.807) is 66.7 Å². The van der Waals surface area contributed by atoms with Crippen molar-refractivity contribution in [3.05, 3.63) is 94.0 Å². The molecule has 1 unspecified atom stereocenters. The van der Waals surface area contributed by atoms with Gasteiger partial charge in [-0.25, -0.2) is 0 Å². The van der Waals surface area contributed by atoms with Gasteiger partial charge in [0.05, 0.1) is 25.8 Å². The van der Waals surface area contributed by atoms with Gasteiger partial charge in [-0.15, -0.1) is 0 Å². The molecule has 1 saturated heterocycles. The predicted octanol–water partition coefficient (Wildman–Crippen LogP) is 5.29. The fourth-order valence-corrected chi connectivity index (χ4v) is 4.09. The van der Waals surface area contributed by atoms with Crippen molar-refractivity contribution in [2.24, 2.45) is 0 Å². The van der Waals surface area contributed by atoms with E-state index in [9.17, 15) is 14.7 Å². The molecule has 0 radical (unpaired) electrons. The van der Waals surface area contributed by atoms with E-state index < -0.39 is 17.7 Å². The minimum atomic E-state index is -0.924. The highest BCUT2D eigenvalue weighted by atomic mass is 35.5. The number of anilines is 1. The van der Waals surface area contributed by atoms with Crippen LogP contribution < -0.4 is 14.4 Å². The van der Waals surface area contributed by atoms with Crippen molar-refractivity contribution in [1.82, 2.24) is 0 Å². The van der Waals surface area contributed by atoms with Crippen LogP contribution >= 0.6 is 11.6 Å².